The molecule has 0 radical (unpaired) electrons. The maximum Gasteiger partial charge on any atom is 0.350 e. The van der Waals surface area contributed by atoms with Crippen LogP contribution in [-0.2, 0) is 14.3 Å². The van der Waals surface area contributed by atoms with Crippen molar-refractivity contribution in [1.82, 2.24) is 9.88 Å². The number of thiophene rings is 1. The summed E-state index contributed by atoms with van der Waals surface area (Å²) >= 11 is 1.13. The van der Waals surface area contributed by atoms with Gasteiger partial charge >= 0.3 is 17.8 Å². The number of methoxy groups -OCH3 is 3. The standard InChI is InChI=1S/C28H29N5O6S/c1-32-9-11-33(12-10-32)17-7-5-16(6-8-17)30-26(34)27(35)31-23-19-15-29-20-14-22(38-3)21(37-2)13-18(20)24(19)40-25(23)28(36)39-4/h5-8,13-15H,9-12H2,1-4H3,(H,30,34)(H,31,35). The number of hydrogen-bond acceptors (Lipinski definition) is 10. The van der Waals surface area contributed by atoms with Crippen LogP contribution in [0, 0.1) is 0 Å². The van der Waals surface area contributed by atoms with Crippen LogP contribution in [0.15, 0.2) is 42.6 Å². The molecule has 2 N–H and O–H groups in total. The highest BCUT2D eigenvalue weighted by atomic mass is 32.1. The Labute approximate surface area is 234 Å². The van der Waals surface area contributed by atoms with Crippen molar-refractivity contribution in [2.24, 2.45) is 0 Å². The van der Waals surface area contributed by atoms with Gasteiger partial charge in [-0.05, 0) is 37.4 Å². The van der Waals surface area contributed by atoms with Crippen molar-refractivity contribution in [2.45, 2.75) is 0 Å². The van der Waals surface area contributed by atoms with Crippen molar-refractivity contribution in [3.63, 3.8) is 0 Å². The minimum atomic E-state index is -0.930. The normalized spacial score (nSPS) is 13.8. The molecule has 11 nitrogen and oxygen atoms in total. The number of carbonyl (C=O) groups excluding carboxylic acids is 3. The van der Waals surface area contributed by atoms with Crippen LogP contribution in [-0.4, -0.2) is 82.2 Å². The number of pyridine rings is 1. The highest BCUT2D eigenvalue weighted by Gasteiger charge is 2.25. The van der Waals surface area contributed by atoms with Gasteiger partial charge in [0.25, 0.3) is 0 Å². The van der Waals surface area contributed by atoms with Gasteiger partial charge in [0.2, 0.25) is 0 Å². The minimum absolute atomic E-state index is 0.138. The van der Waals surface area contributed by atoms with E-state index in [1.165, 1.54) is 27.5 Å². The third kappa shape index (κ3) is 5.23. The summed E-state index contributed by atoms with van der Waals surface area (Å²) < 4.78 is 16.4. The second-order valence-corrected chi connectivity index (χ2v) is 10.3. The number of aromatic nitrogens is 1. The molecule has 1 aliphatic heterocycles. The number of ether oxygens (including phenoxy) is 3. The number of nitrogens with one attached hydrogen (secondary N) is 2. The van der Waals surface area contributed by atoms with E-state index in [2.05, 4.69) is 32.5 Å². The molecule has 0 aliphatic carbocycles. The van der Waals surface area contributed by atoms with Gasteiger partial charge in [0.1, 0.15) is 4.88 Å². The van der Waals surface area contributed by atoms with Crippen molar-refractivity contribution in [1.29, 1.82) is 0 Å². The molecule has 0 atom stereocenters. The number of fused-ring (bicyclic) bond motifs is 3. The van der Waals surface area contributed by atoms with Crippen molar-refractivity contribution >= 4 is 67.2 Å². The maximum atomic E-state index is 13.0. The number of hydrogen-bond donors (Lipinski definition) is 2. The fraction of sp³-hybridized carbons (Fsp3) is 0.286. The molecule has 2 amide bonds. The first-order valence-electron chi connectivity index (χ1n) is 12.5. The molecule has 0 saturated carbocycles. The van der Waals surface area contributed by atoms with Crippen LogP contribution in [0.5, 0.6) is 11.5 Å². The molecule has 4 aromatic rings. The minimum Gasteiger partial charge on any atom is -0.493 e. The van der Waals surface area contributed by atoms with Crippen LogP contribution in [0.1, 0.15) is 9.67 Å². The number of piperazine rings is 1. The lowest BCUT2D eigenvalue weighted by Crippen LogP contribution is -2.44. The van der Waals surface area contributed by atoms with E-state index < -0.39 is 17.8 Å². The Kier molecular flexibility index (Phi) is 7.71. The molecule has 208 valence electrons. The summed E-state index contributed by atoms with van der Waals surface area (Å²) in [6.07, 6.45) is 1.54. The van der Waals surface area contributed by atoms with Gasteiger partial charge in [-0.3, -0.25) is 14.6 Å². The second kappa shape index (κ2) is 11.4. The van der Waals surface area contributed by atoms with Crippen LogP contribution < -0.4 is 25.0 Å². The lowest BCUT2D eigenvalue weighted by Gasteiger charge is -2.34. The number of rotatable bonds is 6. The average molecular weight is 564 g/mol. The van der Waals surface area contributed by atoms with Crippen molar-refractivity contribution in [3.05, 3.63) is 47.5 Å². The summed E-state index contributed by atoms with van der Waals surface area (Å²) in [6, 6.07) is 10.8. The van der Waals surface area contributed by atoms with E-state index in [0.717, 1.165) is 43.2 Å². The summed E-state index contributed by atoms with van der Waals surface area (Å²) in [7, 11) is 6.40. The zero-order valence-electron chi connectivity index (χ0n) is 22.6. The smallest absolute Gasteiger partial charge is 0.350 e. The Bertz CT molecular complexity index is 1590. The Morgan fingerprint density at radius 3 is 2.17 bits per heavy atom. The zero-order chi connectivity index (χ0) is 28.4. The highest BCUT2D eigenvalue weighted by molar-refractivity contribution is 7.22. The van der Waals surface area contributed by atoms with E-state index in [0.29, 0.717) is 38.2 Å². The first kappa shape index (κ1) is 27.2. The Hall–Kier alpha value is -4.42. The third-order valence-corrected chi connectivity index (χ3v) is 8.05. The molecule has 2 aromatic heterocycles. The Balaban J connectivity index is 1.39. The van der Waals surface area contributed by atoms with Gasteiger partial charge in [-0.25, -0.2) is 4.79 Å². The molecule has 40 heavy (non-hydrogen) atoms. The van der Waals surface area contributed by atoms with Crippen LogP contribution in [0.3, 0.4) is 0 Å². The predicted molar refractivity (Wildman–Crippen MR) is 155 cm³/mol. The summed E-state index contributed by atoms with van der Waals surface area (Å²) in [6.45, 7) is 3.81. The summed E-state index contributed by atoms with van der Waals surface area (Å²) in [5, 5.41) is 6.40. The summed E-state index contributed by atoms with van der Waals surface area (Å²) in [5.41, 5.74) is 2.30. The molecular formula is C28H29N5O6S. The molecule has 1 saturated heterocycles. The van der Waals surface area contributed by atoms with E-state index in [1.807, 2.05) is 12.1 Å². The average Bonchev–Trinajstić information content (AvgIpc) is 3.35. The molecule has 0 spiro atoms. The zero-order valence-corrected chi connectivity index (χ0v) is 23.4. The third-order valence-electron chi connectivity index (χ3n) is 6.83. The number of benzene rings is 2. The fourth-order valence-corrected chi connectivity index (χ4v) is 5.77. The molecule has 12 heteroatoms. The first-order chi connectivity index (χ1) is 19.3. The van der Waals surface area contributed by atoms with Gasteiger partial charge < -0.3 is 34.6 Å². The van der Waals surface area contributed by atoms with Crippen molar-refractivity contribution in [3.8, 4) is 11.5 Å². The molecule has 1 fully saturated rings. The monoisotopic (exact) mass is 563 g/mol. The molecule has 5 rings (SSSR count). The van der Waals surface area contributed by atoms with Gasteiger partial charge in [0, 0.05) is 65.3 Å². The van der Waals surface area contributed by atoms with E-state index in [4.69, 9.17) is 14.2 Å². The molecule has 1 aliphatic rings. The van der Waals surface area contributed by atoms with Gasteiger partial charge in [0.15, 0.2) is 11.5 Å². The van der Waals surface area contributed by atoms with E-state index in [-0.39, 0.29) is 10.6 Å². The number of nitrogens with zero attached hydrogens (tertiary/aromatic N) is 3. The van der Waals surface area contributed by atoms with Gasteiger partial charge in [0.05, 0.1) is 32.5 Å². The van der Waals surface area contributed by atoms with Crippen LogP contribution in [0.4, 0.5) is 17.1 Å². The Morgan fingerprint density at radius 2 is 1.52 bits per heavy atom. The molecule has 0 unspecified atom stereocenters. The van der Waals surface area contributed by atoms with Gasteiger partial charge in [-0.15, -0.1) is 11.3 Å². The summed E-state index contributed by atoms with van der Waals surface area (Å²) in [5.74, 6) is -1.46. The first-order valence-corrected chi connectivity index (χ1v) is 13.4. The number of likely N-dealkylation sites (N-methyl/N-ethyl adjacent to an activating group) is 1. The second-order valence-electron chi connectivity index (χ2n) is 9.27. The number of carbonyl (C=O) groups is 3. The highest BCUT2D eigenvalue weighted by Crippen LogP contribution is 2.42. The largest absolute Gasteiger partial charge is 0.493 e. The van der Waals surface area contributed by atoms with E-state index >= 15 is 0 Å². The quantitative estimate of drug-likeness (QED) is 0.268. The van der Waals surface area contributed by atoms with Gasteiger partial charge in [-0.2, -0.15) is 0 Å². The van der Waals surface area contributed by atoms with Crippen molar-refractivity contribution < 1.29 is 28.6 Å². The lowest BCUT2D eigenvalue weighted by atomic mass is 10.1. The number of anilines is 3. The van der Waals surface area contributed by atoms with Gasteiger partial charge in [-0.1, -0.05) is 0 Å². The SMILES string of the molecule is COC(=O)c1sc2c(cnc3cc(OC)c(OC)cc32)c1NC(=O)C(=O)Nc1ccc(N2CCN(C)CC2)cc1. The topological polar surface area (TPSA) is 122 Å². The van der Waals surface area contributed by atoms with Crippen LogP contribution in [0.2, 0.25) is 0 Å². The lowest BCUT2D eigenvalue weighted by molar-refractivity contribution is -0.132. The fourth-order valence-electron chi connectivity index (χ4n) is 4.60. The van der Waals surface area contributed by atoms with Crippen LogP contribution >= 0.6 is 11.3 Å². The van der Waals surface area contributed by atoms with E-state index in [1.54, 1.807) is 24.3 Å². The number of esters is 1. The molecule has 3 heterocycles. The molecule has 0 bridgehead atoms. The molecule has 2 aromatic carbocycles. The number of amides is 2. The van der Waals surface area contributed by atoms with Crippen LogP contribution in [0.25, 0.3) is 21.0 Å². The Morgan fingerprint density at radius 1 is 0.875 bits per heavy atom. The van der Waals surface area contributed by atoms with E-state index in [9.17, 15) is 14.4 Å². The summed E-state index contributed by atoms with van der Waals surface area (Å²) in [4.78, 5) is 47.6. The molecular weight excluding hydrogens is 534 g/mol. The predicted octanol–water partition coefficient (Wildman–Crippen LogP) is 3.58. The van der Waals surface area contributed by atoms with Crippen molar-refractivity contribution in [2.75, 3.05) is 70.1 Å². The maximum absolute atomic E-state index is 13.0.